The SMILES string of the molecule is CCNC(=NCc1ccc2c(c1)OCO2)NCc1csc(-c2ccccc2)n1. The molecule has 0 bridgehead atoms. The minimum Gasteiger partial charge on any atom is -0.454 e. The Bertz CT molecular complexity index is 956. The van der Waals surface area contributed by atoms with E-state index in [1.807, 2.05) is 43.3 Å². The molecule has 2 aromatic carbocycles. The van der Waals surface area contributed by atoms with Crippen LogP contribution in [0.4, 0.5) is 0 Å². The number of nitrogens with zero attached hydrogens (tertiary/aromatic N) is 2. The molecule has 28 heavy (non-hydrogen) atoms. The summed E-state index contributed by atoms with van der Waals surface area (Å²) in [5.41, 5.74) is 3.21. The van der Waals surface area contributed by atoms with Crippen LogP contribution in [0.25, 0.3) is 10.6 Å². The van der Waals surface area contributed by atoms with E-state index in [1.165, 1.54) is 0 Å². The highest BCUT2D eigenvalue weighted by molar-refractivity contribution is 7.13. The summed E-state index contributed by atoms with van der Waals surface area (Å²) >= 11 is 1.65. The Morgan fingerprint density at radius 2 is 1.96 bits per heavy atom. The predicted octanol–water partition coefficient (Wildman–Crippen LogP) is 3.79. The molecule has 2 N–H and O–H groups in total. The Morgan fingerprint density at radius 3 is 2.82 bits per heavy atom. The molecule has 4 rings (SSSR count). The third-order valence-corrected chi connectivity index (χ3v) is 5.15. The normalized spacial score (nSPS) is 12.8. The summed E-state index contributed by atoms with van der Waals surface area (Å²) in [5.74, 6) is 2.33. The topological polar surface area (TPSA) is 67.8 Å². The molecule has 1 aliphatic heterocycles. The second-order valence-electron chi connectivity index (χ2n) is 6.25. The fourth-order valence-corrected chi connectivity index (χ4v) is 3.65. The van der Waals surface area contributed by atoms with Gasteiger partial charge in [-0.3, -0.25) is 0 Å². The first-order valence-corrected chi connectivity index (χ1v) is 10.1. The monoisotopic (exact) mass is 394 g/mol. The molecule has 0 fully saturated rings. The number of ether oxygens (including phenoxy) is 2. The third-order valence-electron chi connectivity index (χ3n) is 4.21. The molecule has 0 unspecified atom stereocenters. The fourth-order valence-electron chi connectivity index (χ4n) is 2.83. The van der Waals surface area contributed by atoms with Gasteiger partial charge in [0.1, 0.15) is 5.01 Å². The molecule has 0 saturated carbocycles. The first-order chi connectivity index (χ1) is 13.8. The van der Waals surface area contributed by atoms with E-state index in [0.29, 0.717) is 13.1 Å². The molecule has 3 aromatic rings. The molecule has 2 heterocycles. The zero-order valence-electron chi connectivity index (χ0n) is 15.6. The van der Waals surface area contributed by atoms with Gasteiger partial charge in [0.05, 0.1) is 18.8 Å². The number of aromatic nitrogens is 1. The van der Waals surface area contributed by atoms with Gasteiger partial charge in [0.25, 0.3) is 0 Å². The zero-order chi connectivity index (χ0) is 19.2. The van der Waals surface area contributed by atoms with Crippen molar-refractivity contribution in [3.63, 3.8) is 0 Å². The minimum absolute atomic E-state index is 0.283. The van der Waals surface area contributed by atoms with Crippen LogP contribution in [0.5, 0.6) is 11.5 Å². The molecule has 0 amide bonds. The minimum atomic E-state index is 0.283. The first-order valence-electron chi connectivity index (χ1n) is 9.22. The summed E-state index contributed by atoms with van der Waals surface area (Å²) in [5, 5.41) is 9.73. The summed E-state index contributed by atoms with van der Waals surface area (Å²) in [7, 11) is 0. The second-order valence-corrected chi connectivity index (χ2v) is 7.10. The van der Waals surface area contributed by atoms with Crippen molar-refractivity contribution in [3.05, 3.63) is 65.2 Å². The Morgan fingerprint density at radius 1 is 1.11 bits per heavy atom. The number of thiazole rings is 1. The number of fused-ring (bicyclic) bond motifs is 1. The molecule has 144 valence electrons. The van der Waals surface area contributed by atoms with Gasteiger partial charge in [-0.25, -0.2) is 9.98 Å². The Hall–Kier alpha value is -3.06. The van der Waals surface area contributed by atoms with Gasteiger partial charge in [-0.1, -0.05) is 36.4 Å². The lowest BCUT2D eigenvalue weighted by molar-refractivity contribution is 0.174. The quantitative estimate of drug-likeness (QED) is 0.492. The van der Waals surface area contributed by atoms with Crippen LogP contribution >= 0.6 is 11.3 Å². The number of guanidine groups is 1. The van der Waals surface area contributed by atoms with Crippen molar-refractivity contribution in [2.75, 3.05) is 13.3 Å². The van der Waals surface area contributed by atoms with Gasteiger partial charge in [0, 0.05) is 17.5 Å². The Labute approximate surface area is 168 Å². The number of nitrogens with one attached hydrogen (secondary N) is 2. The van der Waals surface area contributed by atoms with E-state index < -0.39 is 0 Å². The second kappa shape index (κ2) is 8.75. The summed E-state index contributed by atoms with van der Waals surface area (Å²) in [4.78, 5) is 9.38. The molecule has 1 aliphatic rings. The van der Waals surface area contributed by atoms with Gasteiger partial charge in [-0.2, -0.15) is 0 Å². The van der Waals surface area contributed by atoms with E-state index in [9.17, 15) is 0 Å². The van der Waals surface area contributed by atoms with E-state index in [4.69, 9.17) is 14.5 Å². The van der Waals surface area contributed by atoms with Crippen molar-refractivity contribution < 1.29 is 9.47 Å². The number of benzene rings is 2. The number of rotatable bonds is 6. The van der Waals surface area contributed by atoms with Gasteiger partial charge >= 0.3 is 0 Å². The van der Waals surface area contributed by atoms with E-state index in [1.54, 1.807) is 11.3 Å². The molecule has 6 nitrogen and oxygen atoms in total. The van der Waals surface area contributed by atoms with Crippen molar-refractivity contribution in [3.8, 4) is 22.1 Å². The number of hydrogen-bond acceptors (Lipinski definition) is 5. The van der Waals surface area contributed by atoms with Crippen LogP contribution in [0.15, 0.2) is 58.9 Å². The standard InChI is InChI=1S/C21H22N4O2S/c1-2-22-21(23-11-15-8-9-18-19(10-15)27-14-26-18)24-12-17-13-28-20(25-17)16-6-4-3-5-7-16/h3-10,13H,2,11-12,14H2,1H3,(H2,22,23,24). The summed E-state index contributed by atoms with van der Waals surface area (Å²) in [6.07, 6.45) is 0. The highest BCUT2D eigenvalue weighted by atomic mass is 32.1. The van der Waals surface area contributed by atoms with E-state index in [0.717, 1.165) is 45.8 Å². The lowest BCUT2D eigenvalue weighted by atomic mass is 10.2. The van der Waals surface area contributed by atoms with Gasteiger partial charge < -0.3 is 20.1 Å². The molecular weight excluding hydrogens is 372 g/mol. The lowest BCUT2D eigenvalue weighted by Crippen LogP contribution is -2.36. The smallest absolute Gasteiger partial charge is 0.231 e. The fraction of sp³-hybridized carbons (Fsp3) is 0.238. The van der Waals surface area contributed by atoms with Crippen LogP contribution in [0, 0.1) is 0 Å². The van der Waals surface area contributed by atoms with Crippen molar-refractivity contribution >= 4 is 17.3 Å². The van der Waals surface area contributed by atoms with E-state index in [-0.39, 0.29) is 6.79 Å². The largest absolute Gasteiger partial charge is 0.454 e. The predicted molar refractivity (Wildman–Crippen MR) is 112 cm³/mol. The molecule has 0 radical (unpaired) electrons. The highest BCUT2D eigenvalue weighted by Gasteiger charge is 2.13. The molecule has 1 aromatic heterocycles. The van der Waals surface area contributed by atoms with E-state index in [2.05, 4.69) is 33.1 Å². The van der Waals surface area contributed by atoms with Gasteiger partial charge in [-0.15, -0.1) is 11.3 Å². The number of hydrogen-bond donors (Lipinski definition) is 2. The summed E-state index contributed by atoms with van der Waals surface area (Å²) < 4.78 is 10.8. The van der Waals surface area contributed by atoms with Crippen LogP contribution in [0.1, 0.15) is 18.2 Å². The summed E-state index contributed by atoms with van der Waals surface area (Å²) in [6.45, 7) is 4.30. The molecular formula is C21H22N4O2S. The van der Waals surface area contributed by atoms with Crippen LogP contribution in [0.2, 0.25) is 0 Å². The van der Waals surface area contributed by atoms with Gasteiger partial charge in [0.15, 0.2) is 17.5 Å². The molecule has 0 atom stereocenters. The average molecular weight is 395 g/mol. The van der Waals surface area contributed by atoms with Crippen LogP contribution in [-0.2, 0) is 13.1 Å². The van der Waals surface area contributed by atoms with Crippen molar-refractivity contribution in [1.82, 2.24) is 15.6 Å². The van der Waals surface area contributed by atoms with Gasteiger partial charge in [0.2, 0.25) is 6.79 Å². The van der Waals surface area contributed by atoms with Gasteiger partial charge in [-0.05, 0) is 24.6 Å². The highest BCUT2D eigenvalue weighted by Crippen LogP contribution is 2.32. The molecule has 0 saturated heterocycles. The maximum atomic E-state index is 5.43. The Balaban J connectivity index is 1.38. The molecule has 0 spiro atoms. The number of aliphatic imine (C=N–C) groups is 1. The average Bonchev–Trinajstić information content (AvgIpc) is 3.40. The first kappa shape index (κ1) is 18.3. The lowest BCUT2D eigenvalue weighted by Gasteiger charge is -2.10. The van der Waals surface area contributed by atoms with Crippen molar-refractivity contribution in [2.24, 2.45) is 4.99 Å². The maximum Gasteiger partial charge on any atom is 0.231 e. The third kappa shape index (κ3) is 4.43. The van der Waals surface area contributed by atoms with E-state index >= 15 is 0 Å². The van der Waals surface area contributed by atoms with Crippen LogP contribution < -0.4 is 20.1 Å². The van der Waals surface area contributed by atoms with Crippen LogP contribution in [-0.4, -0.2) is 24.3 Å². The maximum absolute atomic E-state index is 5.43. The molecule has 7 heteroatoms. The Kier molecular flexibility index (Phi) is 5.72. The van der Waals surface area contributed by atoms with Crippen LogP contribution in [0.3, 0.4) is 0 Å². The van der Waals surface area contributed by atoms with Crippen molar-refractivity contribution in [1.29, 1.82) is 0 Å². The zero-order valence-corrected chi connectivity index (χ0v) is 16.5. The summed E-state index contributed by atoms with van der Waals surface area (Å²) in [6, 6.07) is 16.1. The molecule has 0 aliphatic carbocycles. The van der Waals surface area contributed by atoms with Crippen molar-refractivity contribution in [2.45, 2.75) is 20.0 Å².